The largest absolute Gasteiger partial charge is 2.00 e. The zero-order valence-electron chi connectivity index (χ0n) is 25.0. The van der Waals surface area contributed by atoms with Crippen LogP contribution in [0.15, 0.2) is 58.5 Å². The first-order valence-corrected chi connectivity index (χ1v) is 14.6. The molecule has 0 bridgehead atoms. The van der Waals surface area contributed by atoms with Crippen LogP contribution in [0.1, 0.15) is 12.1 Å². The summed E-state index contributed by atoms with van der Waals surface area (Å²) in [5.41, 5.74) is 3.02. The fraction of sp³-hybridized carbons (Fsp3) is 0.290. The Balaban J connectivity index is 0.000000268. The van der Waals surface area contributed by atoms with Gasteiger partial charge in [-0.15, -0.1) is 17.2 Å². The van der Waals surface area contributed by atoms with Crippen molar-refractivity contribution in [1.82, 2.24) is 34.4 Å². The quantitative estimate of drug-likeness (QED) is 0.200. The number of ether oxygens (including phenoxy) is 2. The third kappa shape index (κ3) is 7.47. The number of aromatic nitrogens is 6. The van der Waals surface area contributed by atoms with E-state index in [0.717, 1.165) is 27.7 Å². The summed E-state index contributed by atoms with van der Waals surface area (Å²) in [5, 5.41) is 14.6. The van der Waals surface area contributed by atoms with Gasteiger partial charge in [-0.2, -0.15) is 24.3 Å². The molecule has 0 unspecified atom stereocenters. The molecule has 2 atom stereocenters. The molecule has 6 rings (SSSR count). The van der Waals surface area contributed by atoms with Gasteiger partial charge in [0.15, 0.2) is 5.56 Å². The molecule has 239 valence electrons. The maximum absolute atomic E-state index is 11.5. The Labute approximate surface area is 284 Å². The Kier molecular flexibility index (Phi) is 12.0. The summed E-state index contributed by atoms with van der Waals surface area (Å²) in [6, 6.07) is 14.1. The topological polar surface area (TPSA) is 146 Å². The Morgan fingerprint density at radius 3 is 2.61 bits per heavy atom. The van der Waals surface area contributed by atoms with Crippen LogP contribution in [-0.4, -0.2) is 66.6 Å². The molecule has 0 spiro atoms. The Morgan fingerprint density at radius 1 is 1.11 bits per heavy atom. The van der Waals surface area contributed by atoms with Crippen molar-refractivity contribution in [3.05, 3.63) is 97.8 Å². The maximum Gasteiger partial charge on any atom is 2.00 e. The zero-order chi connectivity index (χ0) is 32.1. The van der Waals surface area contributed by atoms with E-state index in [9.17, 15) is 14.7 Å². The first-order chi connectivity index (χ1) is 21.7. The first-order valence-electron chi connectivity index (χ1n) is 13.8. The van der Waals surface area contributed by atoms with E-state index in [1.54, 1.807) is 26.4 Å². The Bertz CT molecular complexity index is 1960. The standard InChI is InChI=1S/C23H22Cl2N3O3.C8H7N4O2.Mn/c1-30-23-20(12-26-18-9-10-31-13-21(18)29)27-11-19(28-23)16-7-4-6-15(22(16)25)14-5-2-3-8-17(14)24;1-11-6-5(3-9-4-10-6)7(13)12(2)8(11)14;/h2-7,11,18,21,26,29H,9-10,12-13H2,1H3;4H,1-2H3;/q2*-1;+2/t18-,21+;;/m0../s1. The van der Waals surface area contributed by atoms with Gasteiger partial charge in [-0.3, -0.25) is 4.98 Å². The van der Waals surface area contributed by atoms with Crippen molar-refractivity contribution in [1.29, 1.82) is 0 Å². The molecule has 2 N–H and O–H groups in total. The van der Waals surface area contributed by atoms with Crippen molar-refractivity contribution in [2.24, 2.45) is 14.1 Å². The minimum absolute atomic E-state index is 0. The smallest absolute Gasteiger partial charge is 0.480 e. The normalized spacial score (nSPS) is 15.9. The maximum atomic E-state index is 11.5. The molecule has 2 aromatic carbocycles. The zero-order valence-corrected chi connectivity index (χ0v) is 27.7. The van der Waals surface area contributed by atoms with Crippen LogP contribution in [0.2, 0.25) is 10.0 Å². The van der Waals surface area contributed by atoms with Gasteiger partial charge in [-0.25, -0.2) is 9.78 Å². The van der Waals surface area contributed by atoms with Gasteiger partial charge in [-0.1, -0.05) is 40.4 Å². The van der Waals surface area contributed by atoms with Crippen LogP contribution in [-0.2, 0) is 42.4 Å². The number of aryl methyl sites for hydroxylation is 1. The molecule has 0 saturated carbocycles. The number of halogens is 2. The van der Waals surface area contributed by atoms with Gasteiger partial charge in [-0.05, 0) is 18.0 Å². The molecule has 0 aliphatic carbocycles. The van der Waals surface area contributed by atoms with Crippen molar-refractivity contribution in [2.75, 3.05) is 20.3 Å². The molecule has 12 nitrogen and oxygen atoms in total. The average molecular weight is 705 g/mol. The summed E-state index contributed by atoms with van der Waals surface area (Å²) in [6.07, 6.45) is 5.63. The second kappa shape index (κ2) is 15.7. The molecule has 0 amide bonds. The van der Waals surface area contributed by atoms with Crippen LogP contribution in [0.25, 0.3) is 33.4 Å². The van der Waals surface area contributed by atoms with Gasteiger partial charge in [0.1, 0.15) is 5.69 Å². The summed E-state index contributed by atoms with van der Waals surface area (Å²) >= 11 is 13.0. The molecule has 1 fully saturated rings. The van der Waals surface area contributed by atoms with Gasteiger partial charge >= 0.3 is 22.8 Å². The number of nitrogens with one attached hydrogen (secondary N) is 1. The Morgan fingerprint density at radius 2 is 1.87 bits per heavy atom. The average Bonchev–Trinajstić information content (AvgIpc) is 3.07. The number of aliphatic hydroxyl groups excluding tert-OH is 1. The predicted molar refractivity (Wildman–Crippen MR) is 169 cm³/mol. The van der Waals surface area contributed by atoms with Gasteiger partial charge < -0.3 is 43.8 Å². The minimum atomic E-state index is -0.546. The third-order valence-corrected chi connectivity index (χ3v) is 8.00. The number of rotatable bonds is 6. The monoisotopic (exact) mass is 704 g/mol. The molecule has 15 heteroatoms. The molecular formula is C31H29Cl2MnN7O5. The van der Waals surface area contributed by atoms with E-state index in [1.807, 2.05) is 30.3 Å². The number of hydrogen-bond acceptors (Lipinski definition) is 10. The summed E-state index contributed by atoms with van der Waals surface area (Å²) < 4.78 is 13.0. The summed E-state index contributed by atoms with van der Waals surface area (Å²) in [4.78, 5) is 39.6. The summed E-state index contributed by atoms with van der Waals surface area (Å²) in [7, 11) is 4.51. The molecule has 4 heterocycles. The van der Waals surface area contributed by atoms with Crippen LogP contribution in [0, 0.1) is 12.3 Å². The number of hydrogen-bond donors (Lipinski definition) is 2. The molecule has 1 saturated heterocycles. The minimum Gasteiger partial charge on any atom is -0.480 e. The number of methoxy groups -OCH3 is 1. The fourth-order valence-corrected chi connectivity index (χ4v) is 5.37. The second-order valence-electron chi connectivity index (χ2n) is 10.1. The molecule has 1 aliphatic heterocycles. The molecule has 1 aliphatic rings. The number of nitrogens with zero attached hydrogens (tertiary/aromatic N) is 6. The predicted octanol–water partition coefficient (Wildman–Crippen LogP) is 2.99. The molecule has 3 aromatic heterocycles. The van der Waals surface area contributed by atoms with Crippen molar-refractivity contribution < 1.29 is 31.6 Å². The SMILES string of the molecule is COc1nc(-c2cccc(-c3ccc[c-]c3Cl)c2Cl)cnc1CN[C@H]1CCOC[C@H]1O.Cn1c(=O)c2[c-]ncnc2n(C)c1=O.[Mn+2]. The van der Waals surface area contributed by atoms with Crippen LogP contribution < -0.4 is 21.3 Å². The van der Waals surface area contributed by atoms with E-state index in [4.69, 9.17) is 32.7 Å². The van der Waals surface area contributed by atoms with E-state index in [-0.39, 0.29) is 28.5 Å². The van der Waals surface area contributed by atoms with Crippen LogP contribution >= 0.6 is 23.2 Å². The van der Waals surface area contributed by atoms with Crippen molar-refractivity contribution in [2.45, 2.75) is 25.1 Å². The van der Waals surface area contributed by atoms with E-state index in [0.29, 0.717) is 52.7 Å². The Hall–Kier alpha value is -3.68. The van der Waals surface area contributed by atoms with E-state index < -0.39 is 17.4 Å². The number of benzene rings is 2. The molecular weight excluding hydrogens is 676 g/mol. The van der Waals surface area contributed by atoms with Crippen molar-refractivity contribution in [3.63, 3.8) is 0 Å². The number of fused-ring (bicyclic) bond motifs is 1. The molecule has 1 radical (unpaired) electrons. The summed E-state index contributed by atoms with van der Waals surface area (Å²) in [5.74, 6) is 0.402. The second-order valence-corrected chi connectivity index (χ2v) is 10.8. The van der Waals surface area contributed by atoms with E-state index in [2.05, 4.69) is 37.5 Å². The first kappa shape index (κ1) is 35.2. The summed E-state index contributed by atoms with van der Waals surface area (Å²) in [6.45, 7) is 1.37. The van der Waals surface area contributed by atoms with Crippen molar-refractivity contribution in [3.8, 4) is 28.3 Å². The van der Waals surface area contributed by atoms with Crippen LogP contribution in [0.3, 0.4) is 0 Å². The van der Waals surface area contributed by atoms with Crippen molar-refractivity contribution >= 4 is 34.2 Å². The van der Waals surface area contributed by atoms with Gasteiger partial charge in [0, 0.05) is 50.2 Å². The third-order valence-electron chi connectivity index (χ3n) is 7.28. The van der Waals surface area contributed by atoms with E-state index in [1.165, 1.54) is 17.9 Å². The van der Waals surface area contributed by atoms with Gasteiger partial charge in [0.05, 0.1) is 37.4 Å². The molecule has 46 heavy (non-hydrogen) atoms. The number of aliphatic hydroxyl groups is 1. The molecule has 5 aromatic rings. The van der Waals surface area contributed by atoms with Gasteiger partial charge in [0.2, 0.25) is 5.88 Å². The van der Waals surface area contributed by atoms with E-state index >= 15 is 0 Å². The van der Waals surface area contributed by atoms with Crippen LogP contribution in [0.5, 0.6) is 5.88 Å². The van der Waals surface area contributed by atoms with Crippen LogP contribution in [0.4, 0.5) is 0 Å². The van der Waals surface area contributed by atoms with Gasteiger partial charge in [0.25, 0.3) is 0 Å². The fourth-order valence-electron chi connectivity index (χ4n) is 4.82.